The summed E-state index contributed by atoms with van der Waals surface area (Å²) in [5, 5.41) is 0.450. The molecular formula is C17H13ClFN3O. The Bertz CT molecular complexity index is 807. The minimum atomic E-state index is -1.79. The van der Waals surface area contributed by atoms with Gasteiger partial charge in [0, 0.05) is 23.0 Å². The van der Waals surface area contributed by atoms with E-state index in [9.17, 15) is 9.18 Å². The molecule has 23 heavy (non-hydrogen) atoms. The molecule has 0 spiro atoms. The second-order valence-electron chi connectivity index (χ2n) is 5.14. The van der Waals surface area contributed by atoms with E-state index in [-0.39, 0.29) is 0 Å². The van der Waals surface area contributed by atoms with Crippen molar-refractivity contribution in [3.63, 3.8) is 0 Å². The van der Waals surface area contributed by atoms with Gasteiger partial charge in [-0.3, -0.25) is 14.8 Å². The largest absolute Gasteiger partial charge is 0.368 e. The quantitative estimate of drug-likeness (QED) is 0.879. The van der Waals surface area contributed by atoms with Gasteiger partial charge < -0.3 is 5.73 Å². The van der Waals surface area contributed by atoms with Crippen LogP contribution in [0.5, 0.6) is 0 Å². The first-order chi connectivity index (χ1) is 11.1. The fourth-order valence-corrected chi connectivity index (χ4v) is 2.81. The van der Waals surface area contributed by atoms with E-state index < -0.39 is 17.6 Å². The normalized spacial score (nSPS) is 23.0. The fraction of sp³-hybridized carbons (Fsp3) is 0.118. The van der Waals surface area contributed by atoms with Gasteiger partial charge in [-0.2, -0.15) is 0 Å². The summed E-state index contributed by atoms with van der Waals surface area (Å²) in [4.78, 5) is 19.9. The van der Waals surface area contributed by atoms with Crippen molar-refractivity contribution in [1.29, 1.82) is 0 Å². The van der Waals surface area contributed by atoms with Crippen LogP contribution in [0.4, 0.5) is 4.39 Å². The Hall–Kier alpha value is -2.53. The van der Waals surface area contributed by atoms with Crippen LogP contribution in [-0.4, -0.2) is 23.4 Å². The number of alkyl halides is 1. The summed E-state index contributed by atoms with van der Waals surface area (Å²) >= 11 is 6.23. The summed E-state index contributed by atoms with van der Waals surface area (Å²) < 4.78 is 14.5. The second kappa shape index (κ2) is 5.93. The lowest BCUT2D eigenvalue weighted by Crippen LogP contribution is -2.47. The molecular weight excluding hydrogens is 317 g/mol. The monoisotopic (exact) mass is 329 g/mol. The molecule has 0 saturated heterocycles. The van der Waals surface area contributed by atoms with E-state index in [1.165, 1.54) is 18.4 Å². The zero-order chi connectivity index (χ0) is 16.4. The first-order valence-electron chi connectivity index (χ1n) is 6.92. The Morgan fingerprint density at radius 2 is 2.13 bits per heavy atom. The number of hydrogen-bond acceptors (Lipinski definition) is 3. The first kappa shape index (κ1) is 15.4. The average molecular weight is 330 g/mol. The molecule has 0 saturated carbocycles. The van der Waals surface area contributed by atoms with Gasteiger partial charge in [-0.1, -0.05) is 29.8 Å². The molecule has 1 aromatic carbocycles. The number of carbonyl (C=O) groups is 1. The number of dihydropyridines is 1. The number of amides is 1. The second-order valence-corrected chi connectivity index (χ2v) is 5.54. The third-order valence-electron chi connectivity index (χ3n) is 3.83. The topological polar surface area (TPSA) is 68.3 Å². The molecule has 0 bridgehead atoms. The van der Waals surface area contributed by atoms with Crippen molar-refractivity contribution < 1.29 is 9.18 Å². The lowest BCUT2D eigenvalue weighted by atomic mass is 9.76. The Labute approximate surface area is 137 Å². The number of aliphatic imine (C=N–C) groups is 1. The van der Waals surface area contributed by atoms with Gasteiger partial charge in [-0.15, -0.1) is 0 Å². The van der Waals surface area contributed by atoms with Gasteiger partial charge in [0.2, 0.25) is 12.2 Å². The number of allylic oxidation sites excluding steroid dienone is 1. The molecule has 2 aromatic rings. The molecule has 0 radical (unpaired) electrons. The van der Waals surface area contributed by atoms with Crippen molar-refractivity contribution in [1.82, 2.24) is 4.98 Å². The number of rotatable bonds is 3. The number of nitrogens with zero attached hydrogens (tertiary/aromatic N) is 2. The van der Waals surface area contributed by atoms with Crippen LogP contribution in [0.3, 0.4) is 0 Å². The molecule has 0 fully saturated rings. The minimum Gasteiger partial charge on any atom is -0.368 e. The molecule has 0 aliphatic carbocycles. The van der Waals surface area contributed by atoms with Crippen LogP contribution in [0, 0.1) is 0 Å². The molecule has 2 unspecified atom stereocenters. The van der Waals surface area contributed by atoms with Crippen LogP contribution in [0.15, 0.2) is 59.7 Å². The van der Waals surface area contributed by atoms with E-state index in [4.69, 9.17) is 17.3 Å². The van der Waals surface area contributed by atoms with Crippen molar-refractivity contribution in [2.75, 3.05) is 0 Å². The zero-order valence-corrected chi connectivity index (χ0v) is 12.7. The molecule has 4 nitrogen and oxygen atoms in total. The third-order valence-corrected chi connectivity index (χ3v) is 4.16. The van der Waals surface area contributed by atoms with Gasteiger partial charge >= 0.3 is 0 Å². The first-order valence-corrected chi connectivity index (χ1v) is 7.30. The van der Waals surface area contributed by atoms with Gasteiger partial charge in [0.15, 0.2) is 0 Å². The minimum absolute atomic E-state index is 0.385. The maximum absolute atomic E-state index is 14.5. The lowest BCUT2D eigenvalue weighted by molar-refractivity contribution is -0.123. The number of halogens is 2. The maximum atomic E-state index is 14.5. The van der Waals surface area contributed by atoms with Crippen LogP contribution in [0.25, 0.3) is 11.3 Å². The maximum Gasteiger partial charge on any atom is 0.236 e. The number of hydrogen-bond donors (Lipinski definition) is 1. The summed E-state index contributed by atoms with van der Waals surface area (Å²) in [5.74, 6) is -0.813. The van der Waals surface area contributed by atoms with Gasteiger partial charge in [0.1, 0.15) is 5.41 Å². The number of nitrogens with two attached hydrogens (primary N) is 1. The zero-order valence-electron chi connectivity index (χ0n) is 12.0. The van der Waals surface area contributed by atoms with Crippen LogP contribution in [0.1, 0.15) is 5.56 Å². The molecule has 116 valence electrons. The summed E-state index contributed by atoms with van der Waals surface area (Å²) in [5.41, 5.74) is 5.45. The van der Waals surface area contributed by atoms with E-state index in [1.54, 1.807) is 36.5 Å². The highest BCUT2D eigenvalue weighted by Crippen LogP contribution is 2.38. The van der Waals surface area contributed by atoms with Gasteiger partial charge in [0.25, 0.3) is 0 Å². The van der Waals surface area contributed by atoms with E-state index in [1.807, 2.05) is 6.07 Å². The third kappa shape index (κ3) is 2.53. The van der Waals surface area contributed by atoms with E-state index in [2.05, 4.69) is 9.98 Å². The van der Waals surface area contributed by atoms with E-state index in [0.29, 0.717) is 21.8 Å². The SMILES string of the molecule is NC(=O)C1(c2ccc(Cl)c(-c3ccccn3)c2)C=CC=NC1F. The average Bonchev–Trinajstić information content (AvgIpc) is 2.56. The Morgan fingerprint density at radius 3 is 2.78 bits per heavy atom. The molecule has 3 rings (SSSR count). The molecule has 1 aliphatic heterocycles. The van der Waals surface area contributed by atoms with Crippen molar-refractivity contribution >= 4 is 23.7 Å². The van der Waals surface area contributed by atoms with Crippen molar-refractivity contribution in [2.24, 2.45) is 10.7 Å². The lowest BCUT2D eigenvalue weighted by Gasteiger charge is -2.31. The Kier molecular flexibility index (Phi) is 3.96. The van der Waals surface area contributed by atoms with Crippen molar-refractivity contribution in [3.8, 4) is 11.3 Å². The summed E-state index contributed by atoms with van der Waals surface area (Å²) in [6.45, 7) is 0. The summed E-state index contributed by atoms with van der Waals surface area (Å²) in [7, 11) is 0. The van der Waals surface area contributed by atoms with Gasteiger partial charge in [-0.05, 0) is 35.9 Å². The Balaban J connectivity index is 2.19. The Morgan fingerprint density at radius 1 is 1.30 bits per heavy atom. The number of aromatic nitrogens is 1. The molecule has 6 heteroatoms. The van der Waals surface area contributed by atoms with E-state index >= 15 is 0 Å². The molecule has 1 aliphatic rings. The van der Waals surface area contributed by atoms with Crippen LogP contribution in [0.2, 0.25) is 5.02 Å². The highest BCUT2D eigenvalue weighted by atomic mass is 35.5. The number of primary amides is 1. The molecule has 1 aromatic heterocycles. The summed E-state index contributed by atoms with van der Waals surface area (Å²) in [6.07, 6.45) is 4.09. The molecule has 2 N–H and O–H groups in total. The predicted molar refractivity (Wildman–Crippen MR) is 88.1 cm³/mol. The molecule has 2 heterocycles. The van der Waals surface area contributed by atoms with Crippen molar-refractivity contribution in [2.45, 2.75) is 11.7 Å². The fourth-order valence-electron chi connectivity index (χ4n) is 2.59. The predicted octanol–water partition coefficient (Wildman–Crippen LogP) is 3.06. The highest BCUT2D eigenvalue weighted by molar-refractivity contribution is 6.33. The smallest absolute Gasteiger partial charge is 0.236 e. The molecule has 2 atom stereocenters. The van der Waals surface area contributed by atoms with Crippen LogP contribution >= 0.6 is 11.6 Å². The molecule has 1 amide bonds. The van der Waals surface area contributed by atoms with E-state index in [0.717, 1.165) is 0 Å². The van der Waals surface area contributed by atoms with Gasteiger partial charge in [0.05, 0.1) is 5.69 Å². The standard InChI is InChI=1S/C17H13ClFN3O/c18-13-6-5-11(10-12(13)14-4-1-2-8-21-14)17(16(20)23)7-3-9-22-15(17)19/h1-10,15H,(H2,20,23). The summed E-state index contributed by atoms with van der Waals surface area (Å²) in [6, 6.07) is 10.2. The van der Waals surface area contributed by atoms with Crippen molar-refractivity contribution in [3.05, 3.63) is 65.3 Å². The van der Waals surface area contributed by atoms with Gasteiger partial charge in [-0.25, -0.2) is 4.39 Å². The number of pyridine rings is 1. The highest BCUT2D eigenvalue weighted by Gasteiger charge is 2.46. The van der Waals surface area contributed by atoms with Crippen LogP contribution < -0.4 is 5.73 Å². The van der Waals surface area contributed by atoms with Crippen LogP contribution in [-0.2, 0) is 10.2 Å². The number of carbonyl (C=O) groups excluding carboxylic acids is 1. The number of benzene rings is 1.